The van der Waals surface area contributed by atoms with E-state index in [-0.39, 0.29) is 69.2 Å². The number of benzene rings is 3. The first-order valence-electron chi connectivity index (χ1n) is 29.5. The van der Waals surface area contributed by atoms with E-state index in [1.807, 2.05) is 38.1 Å². The van der Waals surface area contributed by atoms with Gasteiger partial charge in [-0.15, -0.1) is 0 Å². The fourth-order valence-corrected chi connectivity index (χ4v) is 10.5. The van der Waals surface area contributed by atoms with Crippen molar-refractivity contribution in [3.8, 4) is 5.75 Å². The zero-order valence-electron chi connectivity index (χ0n) is 50.5. The van der Waals surface area contributed by atoms with Gasteiger partial charge in [0.1, 0.15) is 17.8 Å². The number of aromatic amines is 1. The number of aliphatic hydroxyl groups excluding tert-OH is 1. The Labute approximate surface area is 511 Å². The minimum Gasteiger partial charge on any atom is -0.508 e. The molecule has 0 saturated carbocycles. The lowest BCUT2D eigenvalue weighted by Crippen LogP contribution is -2.55. The van der Waals surface area contributed by atoms with Crippen LogP contribution in [0.1, 0.15) is 95.8 Å². The first-order chi connectivity index (χ1) is 41.8. The number of H-pyrrole nitrogens is 1. The van der Waals surface area contributed by atoms with Crippen LogP contribution in [0, 0.1) is 23.7 Å². The van der Waals surface area contributed by atoms with Crippen molar-refractivity contribution in [3.63, 3.8) is 0 Å². The predicted molar refractivity (Wildman–Crippen MR) is 327 cm³/mol. The molecule has 1 aliphatic rings. The number of phenolic OH excluding ortho intramolecular Hbond substituents is 1. The van der Waals surface area contributed by atoms with E-state index < -0.39 is 138 Å². The number of aromatic nitrogens is 1. The van der Waals surface area contributed by atoms with Crippen LogP contribution in [-0.2, 0) is 67.2 Å². The number of primary amides is 2. The maximum absolute atomic E-state index is 14.3. The van der Waals surface area contributed by atoms with Crippen molar-refractivity contribution in [2.24, 2.45) is 45.9 Å². The van der Waals surface area contributed by atoms with Crippen molar-refractivity contribution in [1.82, 2.24) is 47.1 Å². The van der Waals surface area contributed by atoms with Crippen molar-refractivity contribution >= 4 is 81.6 Å². The number of aliphatic hydroxyl groups is 1. The molecule has 1 aliphatic heterocycles. The Morgan fingerprint density at radius 3 is 1.99 bits per heavy atom. The summed E-state index contributed by atoms with van der Waals surface area (Å²) < 4.78 is 0. The van der Waals surface area contributed by atoms with Crippen LogP contribution >= 0.6 is 0 Å². The number of nitrogens with zero attached hydrogens (tertiary/aromatic N) is 2. The number of carbonyl (C=O) groups excluding carboxylic acids is 11. The first-order valence-corrected chi connectivity index (χ1v) is 29.5. The van der Waals surface area contributed by atoms with Gasteiger partial charge >= 0.3 is 6.03 Å². The number of nitrogens with two attached hydrogens (primary N) is 3. The summed E-state index contributed by atoms with van der Waals surface area (Å²) in [4.78, 5) is 158. The lowest BCUT2D eigenvalue weighted by molar-refractivity contribution is -0.140. The average molecular weight is 1220 g/mol. The summed E-state index contributed by atoms with van der Waals surface area (Å²) in [6.45, 7) is 5.93. The van der Waals surface area contributed by atoms with Crippen molar-refractivity contribution in [2.45, 2.75) is 135 Å². The van der Waals surface area contributed by atoms with Crippen LogP contribution in [0.15, 0.2) is 90.1 Å². The number of likely N-dealkylation sites (tertiary alicyclic amines) is 1. The normalized spacial score (nSPS) is 16.1. The number of amides is 9. The van der Waals surface area contributed by atoms with Gasteiger partial charge < -0.3 is 74.5 Å². The van der Waals surface area contributed by atoms with Gasteiger partial charge in [-0.1, -0.05) is 74.5 Å². The number of aliphatic imine (C=N–C) groups is 1. The summed E-state index contributed by atoms with van der Waals surface area (Å²) in [6.07, 6.45) is -0.225. The average Bonchev–Trinajstić information content (AvgIpc) is 4.16. The van der Waals surface area contributed by atoms with Crippen molar-refractivity contribution < 1.29 is 63.0 Å². The first kappa shape index (κ1) is 69.6. The number of ketones is 3. The van der Waals surface area contributed by atoms with Crippen LogP contribution in [0.2, 0.25) is 0 Å². The van der Waals surface area contributed by atoms with E-state index in [0.29, 0.717) is 36.9 Å². The van der Waals surface area contributed by atoms with Gasteiger partial charge in [0.25, 0.3) is 0 Å². The monoisotopic (exact) mass is 1220 g/mol. The smallest absolute Gasteiger partial charge is 0.315 e. The van der Waals surface area contributed by atoms with E-state index >= 15 is 0 Å². The molecule has 26 nitrogen and oxygen atoms in total. The number of phenols is 1. The van der Waals surface area contributed by atoms with Crippen LogP contribution in [0.25, 0.3) is 10.9 Å². The maximum Gasteiger partial charge on any atom is 0.315 e. The highest BCUT2D eigenvalue weighted by atomic mass is 16.3. The number of para-hydroxylation sites is 1. The zero-order valence-corrected chi connectivity index (χ0v) is 50.5. The Bertz CT molecular complexity index is 3110. The second-order valence-electron chi connectivity index (χ2n) is 22.8. The summed E-state index contributed by atoms with van der Waals surface area (Å²) >= 11 is 0. The van der Waals surface area contributed by atoms with Crippen LogP contribution in [0.3, 0.4) is 0 Å². The molecule has 0 spiro atoms. The van der Waals surface area contributed by atoms with E-state index in [0.717, 1.165) is 16.5 Å². The molecule has 1 fully saturated rings. The van der Waals surface area contributed by atoms with E-state index in [9.17, 15) is 63.0 Å². The minimum atomic E-state index is -1.57. The van der Waals surface area contributed by atoms with Crippen LogP contribution < -0.4 is 54.4 Å². The molecule has 5 rings (SSSR count). The standard InChI is InChI=1S/C62H85N13O13/c1-35(2)25-47(52(79)29-40(15-11-23-67-61(65)66-5)57(84)73-50(56(64)83)28-42-32-68-46-18-10-9-17-44(42)46)74-62(88)69-33-54(81)48(26-38-13-7-6-8-14-38)72-59(86)45(36(3)76)30-53(80)49(31-55(63)82)71-58(85)41-16-12-24-75(34-41)60(87)51(70-37(4)77)27-39-19-21-43(78)22-20-39/h6-10,13-14,17-22,32,35-36,40-41,45,47-51,68,76,78H,11-12,15-16,23-31,33-34H2,1-5H3,(H2,63,82)(H2,64,83)(H,70,77)(H,71,85)(H,72,86)(H,73,84)(H3,65,66,67)(H2,69,74,88)/t36-,40-,41-,45+,47+,48+,49+,50+,51-/m1/s1. The molecule has 1 aromatic heterocycles. The SMILES string of the molecule is CN=C(N)NCCC[C@H](CC(=O)[C@H](CC(C)C)NC(=O)NCC(=O)[C@H](Cc1ccccc1)NC(=O)[C@@H](CC(=O)[C@H](CC(N)=O)NC(=O)[C@@H]1CCCN(C(=O)[C@@H](Cc2ccc(O)cc2)NC(C)=O)C1)[C@@H](C)O)C(=O)N[C@@H](Cc1c[nH]c2ccccc12)C(N)=O. The number of carbonyl (C=O) groups is 11. The summed E-state index contributed by atoms with van der Waals surface area (Å²) in [6, 6.07) is 14.9. The van der Waals surface area contributed by atoms with Gasteiger partial charge in [0.2, 0.25) is 41.4 Å². The molecular formula is C62H85N13O13. The fraction of sp³-hybridized carbons (Fsp3) is 0.484. The highest BCUT2D eigenvalue weighted by Crippen LogP contribution is 2.24. The van der Waals surface area contributed by atoms with Crippen molar-refractivity contribution in [2.75, 3.05) is 33.2 Å². The van der Waals surface area contributed by atoms with E-state index in [2.05, 4.69) is 47.2 Å². The van der Waals surface area contributed by atoms with Gasteiger partial charge in [-0.05, 0) is 86.3 Å². The van der Waals surface area contributed by atoms with Gasteiger partial charge in [-0.2, -0.15) is 0 Å². The molecule has 0 bridgehead atoms. The second kappa shape index (κ2) is 34.2. The summed E-state index contributed by atoms with van der Waals surface area (Å²) in [7, 11) is 1.50. The highest BCUT2D eigenvalue weighted by molar-refractivity contribution is 5.99. The number of aromatic hydroxyl groups is 1. The van der Waals surface area contributed by atoms with Gasteiger partial charge in [0.05, 0.1) is 49.0 Å². The van der Waals surface area contributed by atoms with E-state index in [1.165, 1.54) is 37.9 Å². The molecule has 16 N–H and O–H groups in total. The molecule has 9 atom stereocenters. The molecular weight excluding hydrogens is 1130 g/mol. The molecule has 0 radical (unpaired) electrons. The highest BCUT2D eigenvalue weighted by Gasteiger charge is 2.38. The summed E-state index contributed by atoms with van der Waals surface area (Å²) in [5.41, 5.74) is 20.0. The third-order valence-electron chi connectivity index (χ3n) is 15.3. The third kappa shape index (κ3) is 22.3. The third-order valence-corrected chi connectivity index (χ3v) is 15.3. The molecule has 3 aromatic carbocycles. The number of hydrogen-bond acceptors (Lipinski definition) is 14. The van der Waals surface area contributed by atoms with Crippen LogP contribution in [-0.4, -0.2) is 160 Å². The molecule has 26 heteroatoms. The van der Waals surface area contributed by atoms with Crippen molar-refractivity contribution in [3.05, 3.63) is 102 Å². The van der Waals surface area contributed by atoms with Gasteiger partial charge in [0.15, 0.2) is 23.3 Å². The molecule has 0 unspecified atom stereocenters. The molecule has 2 heterocycles. The lowest BCUT2D eigenvalue weighted by atomic mass is 9.90. The minimum absolute atomic E-state index is 0.0182. The Morgan fingerprint density at radius 1 is 0.693 bits per heavy atom. The number of guanidine groups is 1. The number of piperidine rings is 1. The number of urea groups is 1. The Balaban J connectivity index is 1.25. The summed E-state index contributed by atoms with van der Waals surface area (Å²) in [5.74, 6) is -10.4. The summed E-state index contributed by atoms with van der Waals surface area (Å²) in [5, 5.41) is 40.2. The van der Waals surface area contributed by atoms with Crippen LogP contribution in [0.4, 0.5) is 4.79 Å². The Morgan fingerprint density at radius 2 is 1.34 bits per heavy atom. The fourth-order valence-electron chi connectivity index (χ4n) is 10.5. The molecule has 88 heavy (non-hydrogen) atoms. The number of fused-ring (bicyclic) bond motifs is 1. The lowest BCUT2D eigenvalue weighted by Gasteiger charge is -2.35. The Hall–Kier alpha value is -9.20. The zero-order chi connectivity index (χ0) is 64.6. The molecule has 1 saturated heterocycles. The van der Waals surface area contributed by atoms with E-state index in [1.54, 1.807) is 48.7 Å². The number of hydrogen-bond donors (Lipinski definition) is 13. The number of rotatable bonds is 34. The molecule has 9 amide bonds. The predicted octanol–water partition coefficient (Wildman–Crippen LogP) is 0.589. The van der Waals surface area contributed by atoms with Gasteiger partial charge in [0, 0.05) is 82.3 Å². The van der Waals surface area contributed by atoms with Gasteiger partial charge in [-0.25, -0.2) is 4.79 Å². The Kier molecular flexibility index (Phi) is 27.1. The topological polar surface area (TPSA) is 422 Å². The molecule has 4 aromatic rings. The van der Waals surface area contributed by atoms with E-state index in [4.69, 9.17) is 17.2 Å². The van der Waals surface area contributed by atoms with Gasteiger partial charge in [-0.3, -0.25) is 52.9 Å². The quantitative estimate of drug-likeness (QED) is 0.0173. The second-order valence-corrected chi connectivity index (χ2v) is 22.8. The number of Topliss-reactive ketones (excluding diaryl/α,β-unsaturated/α-hetero) is 3. The largest absolute Gasteiger partial charge is 0.508 e. The molecule has 476 valence electrons. The van der Waals surface area contributed by atoms with Crippen LogP contribution in [0.5, 0.6) is 5.75 Å². The molecule has 0 aliphatic carbocycles. The number of nitrogens with one attached hydrogen (secondary N) is 8. The van der Waals surface area contributed by atoms with Crippen molar-refractivity contribution in [1.29, 1.82) is 0 Å². The maximum atomic E-state index is 14.3.